The van der Waals surface area contributed by atoms with Crippen LogP contribution in [0.2, 0.25) is 0 Å². The summed E-state index contributed by atoms with van der Waals surface area (Å²) in [4.78, 5) is 26.6. The number of fused-ring (bicyclic) bond motifs is 1. The Kier molecular flexibility index (Phi) is 2.05. The molecule has 0 fully saturated rings. The van der Waals surface area contributed by atoms with E-state index in [0.717, 1.165) is 4.57 Å². The van der Waals surface area contributed by atoms with Crippen molar-refractivity contribution in [3.8, 4) is 0 Å². The highest BCUT2D eigenvalue weighted by molar-refractivity contribution is 7.16. The van der Waals surface area contributed by atoms with Gasteiger partial charge in [0.2, 0.25) is 0 Å². The minimum atomic E-state index is -1.05. The fourth-order valence-corrected chi connectivity index (χ4v) is 1.87. The third-order valence-corrected chi connectivity index (χ3v) is 2.58. The van der Waals surface area contributed by atoms with Crippen molar-refractivity contribution in [2.24, 2.45) is 0 Å². The van der Waals surface area contributed by atoms with Crippen LogP contribution in [-0.4, -0.2) is 20.6 Å². The number of carbonyl (C=O) groups is 1. The van der Waals surface area contributed by atoms with E-state index in [1.165, 1.54) is 17.7 Å². The van der Waals surface area contributed by atoms with Gasteiger partial charge in [0.05, 0.1) is 11.7 Å². The smallest absolute Gasteiger partial charge is 0.323 e. The van der Waals surface area contributed by atoms with Gasteiger partial charge in [0.15, 0.2) is 0 Å². The fourth-order valence-electron chi connectivity index (χ4n) is 1.15. The molecule has 72 valence electrons. The third kappa shape index (κ3) is 1.39. The number of rotatable bonds is 2. The predicted octanol–water partition coefficient (Wildman–Crippen LogP) is 0.543. The highest BCUT2D eigenvalue weighted by atomic mass is 32.1. The van der Waals surface area contributed by atoms with Gasteiger partial charge in [-0.05, 0) is 11.4 Å². The standard InChI is InChI=1S/C8H6N2O3S/c11-6(12)3-10-4-9-7-5(8(10)13)1-2-14-7/h1-2,4H,3H2,(H,11,12). The Morgan fingerprint density at radius 3 is 3.14 bits per heavy atom. The Hall–Kier alpha value is -1.69. The first kappa shape index (κ1) is 8.89. The van der Waals surface area contributed by atoms with Crippen molar-refractivity contribution in [1.29, 1.82) is 0 Å². The summed E-state index contributed by atoms with van der Waals surface area (Å²) in [5.41, 5.74) is -0.307. The lowest BCUT2D eigenvalue weighted by Gasteiger charge is -1.99. The zero-order chi connectivity index (χ0) is 10.1. The van der Waals surface area contributed by atoms with Crippen molar-refractivity contribution in [3.63, 3.8) is 0 Å². The minimum absolute atomic E-state index is 0.307. The molecular weight excluding hydrogens is 204 g/mol. The largest absolute Gasteiger partial charge is 0.480 e. The van der Waals surface area contributed by atoms with Gasteiger partial charge in [0.25, 0.3) is 5.56 Å². The number of aromatic nitrogens is 2. The van der Waals surface area contributed by atoms with Crippen molar-refractivity contribution in [3.05, 3.63) is 28.1 Å². The van der Waals surface area contributed by atoms with Crippen LogP contribution < -0.4 is 5.56 Å². The summed E-state index contributed by atoms with van der Waals surface area (Å²) in [5, 5.41) is 10.8. The lowest BCUT2D eigenvalue weighted by atomic mass is 10.4. The molecule has 5 nitrogen and oxygen atoms in total. The molecule has 2 rings (SSSR count). The van der Waals surface area contributed by atoms with Crippen LogP contribution in [0.25, 0.3) is 10.2 Å². The maximum absolute atomic E-state index is 11.6. The fraction of sp³-hybridized carbons (Fsp3) is 0.125. The summed E-state index contributed by atoms with van der Waals surface area (Å²) in [6.07, 6.45) is 1.26. The maximum Gasteiger partial charge on any atom is 0.323 e. The highest BCUT2D eigenvalue weighted by Crippen LogP contribution is 2.12. The minimum Gasteiger partial charge on any atom is -0.480 e. The van der Waals surface area contributed by atoms with Crippen molar-refractivity contribution < 1.29 is 9.90 Å². The summed E-state index contributed by atoms with van der Waals surface area (Å²) in [5.74, 6) is -1.05. The van der Waals surface area contributed by atoms with Crippen LogP contribution in [0, 0.1) is 0 Å². The van der Waals surface area contributed by atoms with Crippen LogP contribution in [0.3, 0.4) is 0 Å². The van der Waals surface area contributed by atoms with Gasteiger partial charge in [-0.2, -0.15) is 0 Å². The quantitative estimate of drug-likeness (QED) is 0.785. The van der Waals surface area contributed by atoms with Gasteiger partial charge in [-0.25, -0.2) is 4.98 Å². The van der Waals surface area contributed by atoms with Gasteiger partial charge >= 0.3 is 5.97 Å². The van der Waals surface area contributed by atoms with Gasteiger partial charge in [0.1, 0.15) is 11.4 Å². The molecular formula is C8H6N2O3S. The first-order chi connectivity index (χ1) is 6.68. The Morgan fingerprint density at radius 1 is 1.64 bits per heavy atom. The molecule has 14 heavy (non-hydrogen) atoms. The average molecular weight is 210 g/mol. The molecule has 2 heterocycles. The van der Waals surface area contributed by atoms with E-state index in [4.69, 9.17) is 5.11 Å². The Labute approximate surface area is 82.2 Å². The summed E-state index contributed by atoms with van der Waals surface area (Å²) in [7, 11) is 0. The number of carboxylic acids is 1. The lowest BCUT2D eigenvalue weighted by Crippen LogP contribution is -2.23. The molecule has 0 atom stereocenters. The van der Waals surface area contributed by atoms with E-state index in [-0.39, 0.29) is 12.1 Å². The van der Waals surface area contributed by atoms with Gasteiger partial charge in [-0.1, -0.05) is 0 Å². The molecule has 6 heteroatoms. The van der Waals surface area contributed by atoms with E-state index in [1.54, 1.807) is 11.4 Å². The van der Waals surface area contributed by atoms with Gasteiger partial charge in [-0.3, -0.25) is 14.2 Å². The second kappa shape index (κ2) is 3.22. The van der Waals surface area contributed by atoms with E-state index < -0.39 is 5.97 Å². The van der Waals surface area contributed by atoms with Gasteiger partial charge in [-0.15, -0.1) is 11.3 Å². The van der Waals surface area contributed by atoms with Crippen molar-refractivity contribution >= 4 is 27.5 Å². The van der Waals surface area contributed by atoms with E-state index in [2.05, 4.69) is 4.98 Å². The van der Waals surface area contributed by atoms with Crippen LogP contribution >= 0.6 is 11.3 Å². The van der Waals surface area contributed by atoms with Crippen LogP contribution in [-0.2, 0) is 11.3 Å². The number of nitrogens with zero attached hydrogens (tertiary/aromatic N) is 2. The molecule has 0 aliphatic carbocycles. The van der Waals surface area contributed by atoms with E-state index in [9.17, 15) is 9.59 Å². The van der Waals surface area contributed by atoms with Crippen LogP contribution in [0.5, 0.6) is 0 Å². The Bertz CT molecular complexity index is 543. The molecule has 0 amide bonds. The Morgan fingerprint density at radius 2 is 2.43 bits per heavy atom. The molecule has 0 aliphatic heterocycles. The molecule has 0 saturated carbocycles. The van der Waals surface area contributed by atoms with Crippen LogP contribution in [0.4, 0.5) is 0 Å². The maximum atomic E-state index is 11.6. The SMILES string of the molecule is O=C(O)Cn1cnc2sccc2c1=O. The number of thiophene rings is 1. The average Bonchev–Trinajstić information content (AvgIpc) is 2.57. The summed E-state index contributed by atoms with van der Waals surface area (Å²) in [6.45, 7) is -0.350. The van der Waals surface area contributed by atoms with E-state index in [0.29, 0.717) is 10.2 Å². The zero-order valence-electron chi connectivity index (χ0n) is 7.01. The topological polar surface area (TPSA) is 72.2 Å². The molecule has 0 unspecified atom stereocenters. The number of aliphatic carboxylic acids is 1. The summed E-state index contributed by atoms with van der Waals surface area (Å²) >= 11 is 1.36. The molecule has 2 aromatic heterocycles. The molecule has 0 bridgehead atoms. The van der Waals surface area contributed by atoms with E-state index in [1.807, 2.05) is 0 Å². The second-order valence-electron chi connectivity index (χ2n) is 2.71. The number of hydrogen-bond acceptors (Lipinski definition) is 4. The van der Waals surface area contributed by atoms with Crippen molar-refractivity contribution in [2.75, 3.05) is 0 Å². The zero-order valence-corrected chi connectivity index (χ0v) is 7.82. The highest BCUT2D eigenvalue weighted by Gasteiger charge is 2.06. The number of carboxylic acid groups (broad SMARTS) is 1. The van der Waals surface area contributed by atoms with Crippen LogP contribution in [0.15, 0.2) is 22.6 Å². The van der Waals surface area contributed by atoms with Crippen molar-refractivity contribution in [1.82, 2.24) is 9.55 Å². The normalized spacial score (nSPS) is 10.6. The molecule has 0 spiro atoms. The first-order valence-electron chi connectivity index (χ1n) is 3.83. The molecule has 0 aliphatic rings. The second-order valence-corrected chi connectivity index (χ2v) is 3.61. The third-order valence-electron chi connectivity index (χ3n) is 1.76. The first-order valence-corrected chi connectivity index (χ1v) is 4.71. The summed E-state index contributed by atoms with van der Waals surface area (Å²) in [6, 6.07) is 1.65. The van der Waals surface area contributed by atoms with Crippen LogP contribution in [0.1, 0.15) is 0 Å². The number of hydrogen-bond donors (Lipinski definition) is 1. The predicted molar refractivity (Wildman–Crippen MR) is 51.5 cm³/mol. The lowest BCUT2D eigenvalue weighted by molar-refractivity contribution is -0.137. The molecule has 0 radical (unpaired) electrons. The van der Waals surface area contributed by atoms with Crippen molar-refractivity contribution in [2.45, 2.75) is 6.54 Å². The monoisotopic (exact) mass is 210 g/mol. The summed E-state index contributed by atoms with van der Waals surface area (Å²) < 4.78 is 1.08. The molecule has 0 saturated heterocycles. The Balaban J connectivity index is 2.62. The van der Waals surface area contributed by atoms with Gasteiger partial charge in [0, 0.05) is 0 Å². The molecule has 0 aromatic carbocycles. The van der Waals surface area contributed by atoms with Gasteiger partial charge < -0.3 is 5.11 Å². The molecule has 2 aromatic rings. The molecule has 1 N–H and O–H groups in total. The van der Waals surface area contributed by atoms with E-state index >= 15 is 0 Å².